The van der Waals surface area contributed by atoms with E-state index in [1.807, 2.05) is 18.2 Å². The summed E-state index contributed by atoms with van der Waals surface area (Å²) in [5, 5.41) is 8.87. The van der Waals surface area contributed by atoms with Gasteiger partial charge in [-0.15, -0.1) is 0 Å². The van der Waals surface area contributed by atoms with Crippen molar-refractivity contribution < 1.29 is 38.2 Å². The van der Waals surface area contributed by atoms with E-state index >= 15 is 0 Å². The maximum atomic E-state index is 11.6. The molecule has 3 unspecified atom stereocenters. The second kappa shape index (κ2) is 16.6. The van der Waals surface area contributed by atoms with Crippen LogP contribution in [0.2, 0.25) is 0 Å². The summed E-state index contributed by atoms with van der Waals surface area (Å²) in [7, 11) is -3.93. The van der Waals surface area contributed by atoms with E-state index in [-0.39, 0.29) is 25.3 Å². The zero-order chi connectivity index (χ0) is 22.1. The lowest BCUT2D eigenvalue weighted by atomic mass is 10.1. The van der Waals surface area contributed by atoms with Gasteiger partial charge in [-0.1, -0.05) is 69.8 Å². The van der Waals surface area contributed by atoms with E-state index in [9.17, 15) is 9.36 Å². The van der Waals surface area contributed by atoms with E-state index in [1.54, 1.807) is 0 Å². The van der Waals surface area contributed by atoms with Gasteiger partial charge < -0.3 is 9.63 Å². The molecule has 9 heteroatoms. The van der Waals surface area contributed by atoms with Crippen molar-refractivity contribution in [3.05, 3.63) is 24.3 Å². The number of allylic oxidation sites excluding steroid dienone is 3. The van der Waals surface area contributed by atoms with Crippen LogP contribution in [0.25, 0.3) is 0 Å². The van der Waals surface area contributed by atoms with Gasteiger partial charge in [-0.3, -0.25) is 19.1 Å². The van der Waals surface area contributed by atoms with Crippen molar-refractivity contribution in [3.8, 4) is 0 Å². The Labute approximate surface area is 179 Å². The van der Waals surface area contributed by atoms with Crippen LogP contribution in [0.3, 0.4) is 0 Å². The highest BCUT2D eigenvalue weighted by Crippen LogP contribution is 2.49. The molecule has 0 radical (unpaired) electrons. The van der Waals surface area contributed by atoms with Crippen molar-refractivity contribution in [2.75, 3.05) is 13.2 Å². The second-order valence-electron chi connectivity index (χ2n) is 7.43. The van der Waals surface area contributed by atoms with Gasteiger partial charge in [0.1, 0.15) is 18.8 Å². The molecule has 8 nitrogen and oxygen atoms in total. The van der Waals surface area contributed by atoms with Crippen LogP contribution in [0.15, 0.2) is 24.3 Å². The minimum absolute atomic E-state index is 0.0416. The zero-order valence-corrected chi connectivity index (χ0v) is 18.8. The lowest BCUT2D eigenvalue weighted by Crippen LogP contribution is -2.20. The molecule has 0 amide bonds. The van der Waals surface area contributed by atoms with Crippen molar-refractivity contribution in [1.29, 1.82) is 0 Å². The van der Waals surface area contributed by atoms with Gasteiger partial charge in [0.05, 0.1) is 6.61 Å². The molecule has 2 N–H and O–H groups in total. The Kier molecular flexibility index (Phi) is 15.0. The Morgan fingerprint density at radius 1 is 1.17 bits per heavy atom. The summed E-state index contributed by atoms with van der Waals surface area (Å²) < 4.78 is 25.4. The van der Waals surface area contributed by atoms with E-state index in [1.165, 1.54) is 0 Å². The lowest BCUT2D eigenvalue weighted by molar-refractivity contribution is -0.267. The third-order valence-corrected chi connectivity index (χ3v) is 5.73. The quantitative estimate of drug-likeness (QED) is 0.0767. The van der Waals surface area contributed by atoms with Crippen LogP contribution in [0.5, 0.6) is 0 Å². The van der Waals surface area contributed by atoms with Crippen LogP contribution >= 0.6 is 7.82 Å². The molecule has 0 bridgehead atoms. The Balaban J connectivity index is 1.94. The molecule has 1 fully saturated rings. The number of esters is 1. The molecule has 0 aromatic carbocycles. The summed E-state index contributed by atoms with van der Waals surface area (Å²) in [5.74, 6) is -0.326. The number of hydrogen-bond acceptors (Lipinski definition) is 7. The first-order valence-electron chi connectivity index (χ1n) is 10.9. The SMILES string of the molecule is CCCCCC(/C=C/C=C\CCCCCCCC(=O)OCC1COP(=O)(O)O1)OO. The third-order valence-electron chi connectivity index (χ3n) is 4.69. The van der Waals surface area contributed by atoms with Crippen molar-refractivity contribution in [1.82, 2.24) is 0 Å². The van der Waals surface area contributed by atoms with Crippen molar-refractivity contribution in [2.45, 2.75) is 89.8 Å². The zero-order valence-electron chi connectivity index (χ0n) is 17.9. The first-order valence-corrected chi connectivity index (χ1v) is 12.4. The Bertz CT molecular complexity index is 563. The fraction of sp³-hybridized carbons (Fsp3) is 0.762. The van der Waals surface area contributed by atoms with Gasteiger partial charge in [-0.2, -0.15) is 0 Å². The number of carbonyl (C=O) groups excluding carboxylic acids is 1. The highest BCUT2D eigenvalue weighted by Gasteiger charge is 2.35. The first kappa shape index (κ1) is 27.0. The Morgan fingerprint density at radius 2 is 1.93 bits per heavy atom. The fourth-order valence-electron chi connectivity index (χ4n) is 2.97. The summed E-state index contributed by atoms with van der Waals surface area (Å²) in [6, 6.07) is 0. The van der Waals surface area contributed by atoms with Gasteiger partial charge in [0.2, 0.25) is 0 Å². The molecule has 3 atom stereocenters. The summed E-state index contributed by atoms with van der Waals surface area (Å²) in [5.41, 5.74) is 0. The van der Waals surface area contributed by atoms with Crippen LogP contribution < -0.4 is 0 Å². The summed E-state index contributed by atoms with van der Waals surface area (Å²) in [6.07, 6.45) is 17.4. The van der Waals surface area contributed by atoms with E-state index in [4.69, 9.17) is 19.4 Å². The molecule has 0 spiro atoms. The summed E-state index contributed by atoms with van der Waals surface area (Å²) in [6.45, 7) is 2.04. The summed E-state index contributed by atoms with van der Waals surface area (Å²) in [4.78, 5) is 25.2. The smallest absolute Gasteiger partial charge is 0.463 e. The molecule has 1 heterocycles. The maximum absolute atomic E-state index is 11.6. The normalized spacial score (nSPS) is 22.8. The number of phosphoric ester groups is 1. The molecular formula is C21H37O8P. The number of hydrogen-bond donors (Lipinski definition) is 2. The number of ether oxygens (including phenoxy) is 1. The molecule has 1 aliphatic heterocycles. The minimum atomic E-state index is -3.93. The molecule has 0 aliphatic carbocycles. The van der Waals surface area contributed by atoms with Crippen LogP contribution in [0.4, 0.5) is 0 Å². The first-order chi connectivity index (χ1) is 14.5. The topological polar surface area (TPSA) is 112 Å². The predicted molar refractivity (Wildman–Crippen MR) is 114 cm³/mol. The Hall–Kier alpha value is -1.02. The van der Waals surface area contributed by atoms with Gasteiger partial charge in [-0.05, 0) is 25.7 Å². The van der Waals surface area contributed by atoms with Gasteiger partial charge in [0, 0.05) is 6.42 Å². The minimum Gasteiger partial charge on any atom is -0.463 e. The van der Waals surface area contributed by atoms with Gasteiger partial charge in [-0.25, -0.2) is 9.45 Å². The predicted octanol–water partition coefficient (Wildman–Crippen LogP) is 5.33. The van der Waals surface area contributed by atoms with Crippen molar-refractivity contribution in [3.63, 3.8) is 0 Å². The molecule has 1 rings (SSSR count). The van der Waals surface area contributed by atoms with Crippen LogP contribution in [-0.4, -0.2) is 41.5 Å². The molecular weight excluding hydrogens is 411 g/mol. The lowest BCUT2D eigenvalue weighted by Gasteiger charge is -2.08. The standard InChI is InChI=1S/C21H37O8P/c1-2-3-11-14-19(28-23)15-12-9-7-5-4-6-8-10-13-16-21(22)26-17-20-18-27-30(24,25)29-20/h7,9,12,15,19-20,23H,2-6,8,10-11,13-14,16-18H2,1H3,(H,24,25)/b9-7-,15-12+. The third kappa shape index (κ3) is 14.1. The van der Waals surface area contributed by atoms with E-state index < -0.39 is 13.9 Å². The van der Waals surface area contributed by atoms with Gasteiger partial charge in [0.15, 0.2) is 0 Å². The number of rotatable bonds is 17. The molecule has 0 saturated carbocycles. The van der Waals surface area contributed by atoms with E-state index in [0.29, 0.717) is 6.42 Å². The maximum Gasteiger partial charge on any atom is 0.472 e. The highest BCUT2D eigenvalue weighted by atomic mass is 31.2. The summed E-state index contributed by atoms with van der Waals surface area (Å²) >= 11 is 0. The second-order valence-corrected chi connectivity index (χ2v) is 8.84. The molecule has 0 aromatic heterocycles. The molecule has 1 saturated heterocycles. The van der Waals surface area contributed by atoms with Gasteiger partial charge in [0.25, 0.3) is 0 Å². The molecule has 0 aromatic rings. The average molecular weight is 448 g/mol. The number of carbonyl (C=O) groups is 1. The van der Waals surface area contributed by atoms with Crippen LogP contribution in [-0.2, 0) is 28.0 Å². The highest BCUT2D eigenvalue weighted by molar-refractivity contribution is 7.47. The van der Waals surface area contributed by atoms with Crippen LogP contribution in [0, 0.1) is 0 Å². The molecule has 174 valence electrons. The molecule has 30 heavy (non-hydrogen) atoms. The Morgan fingerprint density at radius 3 is 2.63 bits per heavy atom. The monoisotopic (exact) mass is 448 g/mol. The van der Waals surface area contributed by atoms with E-state index in [0.717, 1.165) is 64.2 Å². The van der Waals surface area contributed by atoms with E-state index in [2.05, 4.69) is 22.4 Å². The van der Waals surface area contributed by atoms with Crippen LogP contribution in [0.1, 0.15) is 77.6 Å². The molecule has 1 aliphatic rings. The van der Waals surface area contributed by atoms with Gasteiger partial charge >= 0.3 is 13.8 Å². The average Bonchev–Trinajstić information content (AvgIpc) is 3.07. The van der Waals surface area contributed by atoms with Crippen molar-refractivity contribution >= 4 is 13.8 Å². The number of unbranched alkanes of at least 4 members (excludes halogenated alkanes) is 7. The largest absolute Gasteiger partial charge is 0.472 e. The number of phosphoric acid groups is 1. The van der Waals surface area contributed by atoms with Crippen molar-refractivity contribution in [2.24, 2.45) is 0 Å². The fourth-order valence-corrected chi connectivity index (χ4v) is 3.88.